The van der Waals surface area contributed by atoms with E-state index in [1.165, 1.54) is 17.2 Å². The summed E-state index contributed by atoms with van der Waals surface area (Å²) >= 11 is 0. The quantitative estimate of drug-likeness (QED) is 0.256. The van der Waals surface area contributed by atoms with E-state index in [-0.39, 0.29) is 35.5 Å². The summed E-state index contributed by atoms with van der Waals surface area (Å²) in [6, 6.07) is 15.9. The van der Waals surface area contributed by atoms with E-state index in [1.807, 2.05) is 32.0 Å². The summed E-state index contributed by atoms with van der Waals surface area (Å²) in [5, 5.41) is 6.01. The van der Waals surface area contributed by atoms with Gasteiger partial charge in [-0.05, 0) is 80.0 Å². The number of carbonyl (C=O) groups is 2. The van der Waals surface area contributed by atoms with Crippen LogP contribution in [0.2, 0.25) is 0 Å². The van der Waals surface area contributed by atoms with Crippen LogP contribution in [0.3, 0.4) is 0 Å². The summed E-state index contributed by atoms with van der Waals surface area (Å²) in [6.45, 7) is 12.7. The van der Waals surface area contributed by atoms with E-state index in [0.717, 1.165) is 95.4 Å². The molecular weight excluding hydrogens is 649 g/mol. The van der Waals surface area contributed by atoms with Gasteiger partial charge in [0.1, 0.15) is 17.1 Å². The molecule has 274 valence electrons. The molecular formula is C39H52FN7O4. The van der Waals surface area contributed by atoms with Crippen molar-refractivity contribution in [2.24, 2.45) is 5.73 Å². The summed E-state index contributed by atoms with van der Waals surface area (Å²) in [4.78, 5) is 36.8. The van der Waals surface area contributed by atoms with Gasteiger partial charge in [-0.25, -0.2) is 9.37 Å². The van der Waals surface area contributed by atoms with E-state index >= 15 is 0 Å². The predicted molar refractivity (Wildman–Crippen MR) is 195 cm³/mol. The number of amides is 2. The van der Waals surface area contributed by atoms with Gasteiger partial charge in [0, 0.05) is 70.5 Å². The molecule has 0 unspecified atom stereocenters. The number of hydrogen-bond donors (Lipinski definition) is 3. The first-order chi connectivity index (χ1) is 24.7. The molecule has 2 aliphatic heterocycles. The molecule has 3 fully saturated rings. The summed E-state index contributed by atoms with van der Waals surface area (Å²) in [6.07, 6.45) is 4.32. The van der Waals surface area contributed by atoms with E-state index in [2.05, 4.69) is 54.6 Å². The molecule has 0 bridgehead atoms. The Balaban J connectivity index is 1.17. The Bertz CT molecular complexity index is 1630. The van der Waals surface area contributed by atoms with Crippen molar-refractivity contribution in [3.8, 4) is 22.8 Å². The molecule has 0 atom stereocenters. The smallest absolute Gasteiger partial charge is 0.257 e. The number of nitrogens with zero attached hydrogens (tertiary/aromatic N) is 4. The van der Waals surface area contributed by atoms with Crippen molar-refractivity contribution in [3.63, 3.8) is 0 Å². The van der Waals surface area contributed by atoms with Crippen LogP contribution in [0.5, 0.6) is 11.6 Å². The van der Waals surface area contributed by atoms with E-state index < -0.39 is 11.7 Å². The van der Waals surface area contributed by atoms with Gasteiger partial charge in [-0.2, -0.15) is 0 Å². The first-order valence-corrected chi connectivity index (χ1v) is 18.3. The number of morpholine rings is 1. The van der Waals surface area contributed by atoms with Gasteiger partial charge in [0.25, 0.3) is 5.91 Å². The third-order valence-corrected chi connectivity index (χ3v) is 9.88. The maximum Gasteiger partial charge on any atom is 0.257 e. The highest BCUT2D eigenvalue weighted by Gasteiger charge is 2.24. The van der Waals surface area contributed by atoms with Gasteiger partial charge < -0.3 is 25.8 Å². The fourth-order valence-electron chi connectivity index (χ4n) is 7.13. The average Bonchev–Trinajstić information content (AvgIpc) is 3.11. The van der Waals surface area contributed by atoms with E-state index in [4.69, 9.17) is 15.2 Å². The number of piperazine rings is 1. The van der Waals surface area contributed by atoms with Crippen molar-refractivity contribution in [3.05, 3.63) is 77.2 Å². The molecule has 1 aliphatic carbocycles. The SMILES string of the molecule is CC(C)NC(=O)CN1CCN(Cc2ccc(-c3cccc(Oc4ncc(F)cc4C(=O)N[C@H]4CC[C@H](N)CC4)c3)c(CN3CCOCC3)c2)CC1. The van der Waals surface area contributed by atoms with Crippen molar-refractivity contribution in [2.75, 3.05) is 59.0 Å². The number of benzene rings is 2. The van der Waals surface area contributed by atoms with Crippen LogP contribution in [-0.4, -0.2) is 109 Å². The fourth-order valence-corrected chi connectivity index (χ4v) is 7.13. The third-order valence-electron chi connectivity index (χ3n) is 9.88. The first kappa shape index (κ1) is 36.8. The van der Waals surface area contributed by atoms with Crippen molar-refractivity contribution in [1.82, 2.24) is 30.3 Å². The second kappa shape index (κ2) is 17.5. The minimum atomic E-state index is -0.601. The van der Waals surface area contributed by atoms with Gasteiger partial charge in [-0.3, -0.25) is 24.3 Å². The molecule has 0 radical (unpaired) electrons. The maximum absolute atomic E-state index is 14.3. The molecule has 2 saturated heterocycles. The lowest BCUT2D eigenvalue weighted by atomic mass is 9.91. The monoisotopic (exact) mass is 701 g/mol. The van der Waals surface area contributed by atoms with Gasteiger partial charge in [-0.1, -0.05) is 30.3 Å². The topological polar surface area (TPSA) is 125 Å². The lowest BCUT2D eigenvalue weighted by Gasteiger charge is -2.34. The summed E-state index contributed by atoms with van der Waals surface area (Å²) in [5.41, 5.74) is 10.6. The van der Waals surface area contributed by atoms with Crippen LogP contribution in [0.4, 0.5) is 4.39 Å². The van der Waals surface area contributed by atoms with Gasteiger partial charge in [-0.15, -0.1) is 0 Å². The normalized spacial score (nSPS) is 20.6. The third kappa shape index (κ3) is 10.6. The molecule has 51 heavy (non-hydrogen) atoms. The summed E-state index contributed by atoms with van der Waals surface area (Å²) in [5.74, 6) is -0.365. The molecule has 1 saturated carbocycles. The zero-order chi connectivity index (χ0) is 35.7. The number of halogens is 1. The zero-order valence-electron chi connectivity index (χ0n) is 29.9. The lowest BCUT2D eigenvalue weighted by Crippen LogP contribution is -2.49. The molecule has 4 N–H and O–H groups in total. The van der Waals surface area contributed by atoms with Crippen molar-refractivity contribution >= 4 is 11.8 Å². The number of nitrogens with two attached hydrogens (primary N) is 1. The number of rotatable bonds is 12. The summed E-state index contributed by atoms with van der Waals surface area (Å²) in [7, 11) is 0. The molecule has 12 heteroatoms. The van der Waals surface area contributed by atoms with Crippen LogP contribution in [0, 0.1) is 5.82 Å². The predicted octanol–water partition coefficient (Wildman–Crippen LogP) is 4.15. The molecule has 0 spiro atoms. The number of carbonyl (C=O) groups excluding carboxylic acids is 2. The summed E-state index contributed by atoms with van der Waals surface area (Å²) < 4.78 is 26.2. The number of nitrogens with one attached hydrogen (secondary N) is 2. The fraction of sp³-hybridized carbons (Fsp3) is 0.513. The standard InChI is InChI=1S/C39H52FN7O4/c1-27(2)43-37(48)26-46-14-12-45(13-15-46)24-28-6-11-35(30(20-28)25-47-16-18-50-19-17-47)29-4-3-5-34(21-29)51-39-36(22-31(40)23-42-39)38(49)44-33-9-7-32(41)8-10-33/h3-6,11,20-23,27,32-33H,7-10,12-19,24-26,41H2,1-2H3,(H,43,48)(H,44,49)/t32-,33-. The Morgan fingerprint density at radius 3 is 2.41 bits per heavy atom. The van der Waals surface area contributed by atoms with Gasteiger partial charge in [0.15, 0.2) is 0 Å². The van der Waals surface area contributed by atoms with Crippen LogP contribution in [0.1, 0.15) is 61.0 Å². The second-order valence-corrected chi connectivity index (χ2v) is 14.4. The Morgan fingerprint density at radius 2 is 1.67 bits per heavy atom. The van der Waals surface area contributed by atoms with Crippen LogP contribution < -0.4 is 21.1 Å². The minimum Gasteiger partial charge on any atom is -0.438 e. The number of pyridine rings is 1. The van der Waals surface area contributed by atoms with Gasteiger partial charge in [0.05, 0.1) is 26.0 Å². The van der Waals surface area contributed by atoms with Crippen LogP contribution >= 0.6 is 0 Å². The number of ether oxygens (including phenoxy) is 2. The Hall–Kier alpha value is -3.94. The molecule has 2 amide bonds. The molecule has 3 aromatic rings. The van der Waals surface area contributed by atoms with E-state index in [0.29, 0.717) is 25.5 Å². The lowest BCUT2D eigenvalue weighted by molar-refractivity contribution is -0.123. The Kier molecular flexibility index (Phi) is 12.7. The highest BCUT2D eigenvalue weighted by atomic mass is 19.1. The van der Waals surface area contributed by atoms with Crippen LogP contribution in [-0.2, 0) is 22.6 Å². The molecule has 6 rings (SSSR count). The molecule has 2 aromatic carbocycles. The zero-order valence-corrected chi connectivity index (χ0v) is 29.9. The van der Waals surface area contributed by atoms with Crippen molar-refractivity contribution < 1.29 is 23.5 Å². The van der Waals surface area contributed by atoms with Crippen LogP contribution in [0.15, 0.2) is 54.7 Å². The van der Waals surface area contributed by atoms with Crippen molar-refractivity contribution in [2.45, 2.75) is 70.7 Å². The molecule has 3 heterocycles. The molecule has 3 aliphatic rings. The second-order valence-electron chi connectivity index (χ2n) is 14.4. The van der Waals surface area contributed by atoms with E-state index in [9.17, 15) is 14.0 Å². The first-order valence-electron chi connectivity index (χ1n) is 18.3. The maximum atomic E-state index is 14.3. The van der Waals surface area contributed by atoms with E-state index in [1.54, 1.807) is 0 Å². The molecule has 11 nitrogen and oxygen atoms in total. The minimum absolute atomic E-state index is 0.0167. The Morgan fingerprint density at radius 1 is 0.941 bits per heavy atom. The average molecular weight is 702 g/mol. The van der Waals surface area contributed by atoms with Gasteiger partial charge >= 0.3 is 0 Å². The van der Waals surface area contributed by atoms with Crippen LogP contribution in [0.25, 0.3) is 11.1 Å². The molecule has 1 aromatic heterocycles. The number of aromatic nitrogens is 1. The largest absolute Gasteiger partial charge is 0.438 e. The van der Waals surface area contributed by atoms with Crippen molar-refractivity contribution in [1.29, 1.82) is 0 Å². The number of hydrogen-bond acceptors (Lipinski definition) is 9. The highest BCUT2D eigenvalue weighted by Crippen LogP contribution is 2.32. The Labute approximate surface area is 300 Å². The van der Waals surface area contributed by atoms with Gasteiger partial charge in [0.2, 0.25) is 11.8 Å². The highest BCUT2D eigenvalue weighted by molar-refractivity contribution is 5.96.